The van der Waals surface area contributed by atoms with Crippen LogP contribution in [0.3, 0.4) is 0 Å². The van der Waals surface area contributed by atoms with E-state index in [1.165, 1.54) is 6.07 Å². The minimum atomic E-state index is -0.375. The zero-order valence-corrected chi connectivity index (χ0v) is 11.4. The van der Waals surface area contributed by atoms with Crippen LogP contribution >= 0.6 is 11.6 Å². The Balaban J connectivity index is 2.49. The van der Waals surface area contributed by atoms with E-state index in [0.29, 0.717) is 12.8 Å². The lowest BCUT2D eigenvalue weighted by molar-refractivity contribution is 0.0540. The van der Waals surface area contributed by atoms with Crippen molar-refractivity contribution in [3.8, 4) is 0 Å². The van der Waals surface area contributed by atoms with Gasteiger partial charge in [0.25, 0.3) is 0 Å². The van der Waals surface area contributed by atoms with Gasteiger partial charge in [-0.3, -0.25) is 0 Å². The number of benzene rings is 1. The van der Waals surface area contributed by atoms with Crippen molar-refractivity contribution in [3.05, 3.63) is 34.6 Å². The highest BCUT2D eigenvalue weighted by atomic mass is 35.5. The summed E-state index contributed by atoms with van der Waals surface area (Å²) in [7, 11) is 0. The summed E-state index contributed by atoms with van der Waals surface area (Å²) in [4.78, 5) is 0. The molecule has 0 aliphatic carbocycles. The normalized spacial score (nSPS) is 13.8. The molecule has 0 aromatic heterocycles. The van der Waals surface area contributed by atoms with E-state index in [0.717, 1.165) is 12.0 Å². The highest BCUT2D eigenvalue weighted by Crippen LogP contribution is 2.25. The van der Waals surface area contributed by atoms with Crippen molar-refractivity contribution in [1.82, 2.24) is 0 Å². The van der Waals surface area contributed by atoms with Crippen LogP contribution in [0.15, 0.2) is 18.2 Å². The zero-order valence-electron chi connectivity index (χ0n) is 10.6. The number of aryl methyl sites for hydroxylation is 1. The minimum Gasteiger partial charge on any atom is -0.393 e. The maximum Gasteiger partial charge on any atom is 0.142 e. The zero-order chi connectivity index (χ0) is 13.1. The molecule has 3 heteroatoms. The van der Waals surface area contributed by atoms with Gasteiger partial charge >= 0.3 is 0 Å². The standard InChI is InChI=1S/C14H20ClFO/c1-14(2,3)12(17)9-5-7-10-6-4-8-11(16)13(10)15/h4,6,8,12,17H,5,7,9H2,1-3H3. The second-order valence-electron chi connectivity index (χ2n) is 5.49. The smallest absolute Gasteiger partial charge is 0.142 e. The van der Waals surface area contributed by atoms with Gasteiger partial charge in [-0.1, -0.05) is 44.5 Å². The van der Waals surface area contributed by atoms with Gasteiger partial charge < -0.3 is 5.11 Å². The Labute approximate surface area is 108 Å². The number of halogens is 2. The van der Waals surface area contributed by atoms with Crippen LogP contribution in [0.4, 0.5) is 4.39 Å². The van der Waals surface area contributed by atoms with Crippen molar-refractivity contribution in [3.63, 3.8) is 0 Å². The van der Waals surface area contributed by atoms with E-state index in [-0.39, 0.29) is 22.4 Å². The fourth-order valence-electron chi connectivity index (χ4n) is 1.66. The summed E-state index contributed by atoms with van der Waals surface area (Å²) in [5.41, 5.74) is 0.707. The van der Waals surface area contributed by atoms with Gasteiger partial charge in [0.05, 0.1) is 11.1 Å². The molecule has 1 nitrogen and oxygen atoms in total. The molecule has 96 valence electrons. The second-order valence-corrected chi connectivity index (χ2v) is 5.86. The molecule has 0 bridgehead atoms. The van der Waals surface area contributed by atoms with Gasteiger partial charge in [-0.2, -0.15) is 0 Å². The van der Waals surface area contributed by atoms with Gasteiger partial charge in [-0.15, -0.1) is 0 Å². The largest absolute Gasteiger partial charge is 0.393 e. The summed E-state index contributed by atoms with van der Waals surface area (Å²) in [6, 6.07) is 4.85. The van der Waals surface area contributed by atoms with E-state index in [4.69, 9.17) is 11.6 Å². The van der Waals surface area contributed by atoms with Crippen molar-refractivity contribution >= 4 is 11.6 Å². The molecule has 1 N–H and O–H groups in total. The van der Waals surface area contributed by atoms with Crippen LogP contribution in [0.2, 0.25) is 5.02 Å². The number of hydrogen-bond donors (Lipinski definition) is 1. The summed E-state index contributed by atoms with van der Waals surface area (Å²) >= 11 is 5.86. The quantitative estimate of drug-likeness (QED) is 0.858. The predicted octanol–water partition coefficient (Wildman–Crippen LogP) is 4.21. The lowest BCUT2D eigenvalue weighted by Gasteiger charge is -2.25. The van der Waals surface area contributed by atoms with Crippen LogP contribution in [0.25, 0.3) is 0 Å². The summed E-state index contributed by atoms with van der Waals surface area (Å²) in [5.74, 6) is -0.375. The first-order valence-electron chi connectivity index (χ1n) is 5.93. The van der Waals surface area contributed by atoms with Crippen LogP contribution in [0.1, 0.15) is 39.2 Å². The lowest BCUT2D eigenvalue weighted by Crippen LogP contribution is -2.25. The Morgan fingerprint density at radius 2 is 2.00 bits per heavy atom. The van der Waals surface area contributed by atoms with E-state index in [1.807, 2.05) is 26.8 Å². The Bertz CT molecular complexity index is 371. The first-order chi connectivity index (χ1) is 7.82. The second kappa shape index (κ2) is 5.83. The van der Waals surface area contributed by atoms with E-state index in [1.54, 1.807) is 6.07 Å². The first-order valence-corrected chi connectivity index (χ1v) is 6.31. The maximum absolute atomic E-state index is 13.2. The van der Waals surface area contributed by atoms with Gasteiger partial charge in [0.2, 0.25) is 0 Å². The number of aliphatic hydroxyl groups excluding tert-OH is 1. The fourth-order valence-corrected chi connectivity index (χ4v) is 1.88. The molecule has 0 radical (unpaired) electrons. The molecular formula is C14H20ClFO. The summed E-state index contributed by atoms with van der Waals surface area (Å²) in [6.07, 6.45) is 1.87. The maximum atomic E-state index is 13.2. The van der Waals surface area contributed by atoms with Crippen LogP contribution in [-0.2, 0) is 6.42 Å². The van der Waals surface area contributed by atoms with Crippen LogP contribution in [0, 0.1) is 11.2 Å². The van der Waals surface area contributed by atoms with Crippen molar-refractivity contribution < 1.29 is 9.50 Å². The van der Waals surface area contributed by atoms with Gasteiger partial charge in [0.15, 0.2) is 0 Å². The molecule has 1 aromatic rings. The first kappa shape index (κ1) is 14.5. The molecule has 0 aliphatic rings. The highest BCUT2D eigenvalue weighted by Gasteiger charge is 2.21. The third-order valence-electron chi connectivity index (χ3n) is 2.95. The minimum absolute atomic E-state index is 0.105. The van der Waals surface area contributed by atoms with Crippen molar-refractivity contribution in [2.45, 2.75) is 46.1 Å². The molecule has 1 aromatic carbocycles. The van der Waals surface area contributed by atoms with Crippen molar-refractivity contribution in [2.75, 3.05) is 0 Å². The molecule has 0 heterocycles. The third kappa shape index (κ3) is 4.29. The summed E-state index contributed by atoms with van der Waals surface area (Å²) in [6.45, 7) is 6.02. The molecule has 1 atom stereocenters. The van der Waals surface area contributed by atoms with Crippen molar-refractivity contribution in [1.29, 1.82) is 0 Å². The molecule has 0 saturated carbocycles. The van der Waals surface area contributed by atoms with Crippen LogP contribution in [0.5, 0.6) is 0 Å². The molecule has 1 rings (SSSR count). The Hall–Kier alpha value is -0.600. The van der Waals surface area contributed by atoms with Gasteiger partial charge in [0.1, 0.15) is 5.82 Å². The molecule has 0 amide bonds. The van der Waals surface area contributed by atoms with E-state index < -0.39 is 0 Å². The molecular weight excluding hydrogens is 239 g/mol. The highest BCUT2D eigenvalue weighted by molar-refractivity contribution is 6.31. The fraction of sp³-hybridized carbons (Fsp3) is 0.571. The van der Waals surface area contributed by atoms with Gasteiger partial charge in [-0.25, -0.2) is 4.39 Å². The Kier molecular flexibility index (Phi) is 4.96. The van der Waals surface area contributed by atoms with Crippen molar-refractivity contribution in [2.24, 2.45) is 5.41 Å². The number of rotatable bonds is 4. The van der Waals surface area contributed by atoms with Crippen LogP contribution in [-0.4, -0.2) is 11.2 Å². The van der Waals surface area contributed by atoms with Gasteiger partial charge in [-0.05, 0) is 36.3 Å². The van der Waals surface area contributed by atoms with E-state index >= 15 is 0 Å². The summed E-state index contributed by atoms with van der Waals surface area (Å²) in [5, 5.41) is 10.1. The molecule has 0 saturated heterocycles. The van der Waals surface area contributed by atoms with Crippen LogP contribution < -0.4 is 0 Å². The SMILES string of the molecule is CC(C)(C)C(O)CCCc1cccc(F)c1Cl. The molecule has 0 fully saturated rings. The third-order valence-corrected chi connectivity index (χ3v) is 3.38. The number of aliphatic hydroxyl groups is 1. The lowest BCUT2D eigenvalue weighted by atomic mass is 9.86. The average molecular weight is 259 g/mol. The molecule has 17 heavy (non-hydrogen) atoms. The van der Waals surface area contributed by atoms with E-state index in [2.05, 4.69) is 0 Å². The molecule has 0 aliphatic heterocycles. The molecule has 1 unspecified atom stereocenters. The topological polar surface area (TPSA) is 20.2 Å². The van der Waals surface area contributed by atoms with Gasteiger partial charge in [0, 0.05) is 0 Å². The predicted molar refractivity (Wildman–Crippen MR) is 69.8 cm³/mol. The monoisotopic (exact) mass is 258 g/mol. The Morgan fingerprint density at radius 1 is 1.35 bits per heavy atom. The Morgan fingerprint density at radius 3 is 2.59 bits per heavy atom. The molecule has 0 spiro atoms. The van der Waals surface area contributed by atoms with E-state index in [9.17, 15) is 9.50 Å². The summed E-state index contributed by atoms with van der Waals surface area (Å²) < 4.78 is 13.2. The number of hydrogen-bond acceptors (Lipinski definition) is 1. The average Bonchev–Trinajstić information content (AvgIpc) is 2.22.